The highest BCUT2D eigenvalue weighted by molar-refractivity contribution is 5.47. The zero-order valence-corrected chi connectivity index (χ0v) is 10.9. The molecule has 0 aromatic heterocycles. The smallest absolute Gasteiger partial charge is 0.0991 e. The van der Waals surface area contributed by atoms with Gasteiger partial charge in [0.1, 0.15) is 0 Å². The maximum Gasteiger partial charge on any atom is 0.0991 e. The summed E-state index contributed by atoms with van der Waals surface area (Å²) in [6.07, 6.45) is 5.78. The quantitative estimate of drug-likeness (QED) is 0.872. The molecule has 2 heteroatoms. The third-order valence-corrected chi connectivity index (χ3v) is 4.84. The molecule has 0 heterocycles. The van der Waals surface area contributed by atoms with Gasteiger partial charge in [-0.15, -0.1) is 0 Å². The van der Waals surface area contributed by atoms with Gasteiger partial charge >= 0.3 is 0 Å². The Balaban J connectivity index is 1.63. The van der Waals surface area contributed by atoms with Gasteiger partial charge in [-0.05, 0) is 68.2 Å². The van der Waals surface area contributed by atoms with Crippen molar-refractivity contribution in [1.82, 2.24) is 0 Å². The van der Waals surface area contributed by atoms with Crippen molar-refractivity contribution in [3.63, 3.8) is 0 Å². The Morgan fingerprint density at radius 3 is 2.56 bits per heavy atom. The third-order valence-electron chi connectivity index (χ3n) is 4.84. The van der Waals surface area contributed by atoms with Crippen LogP contribution in [-0.4, -0.2) is 6.04 Å². The van der Waals surface area contributed by atoms with Gasteiger partial charge in [0.2, 0.25) is 0 Å². The molecular weight excluding hydrogens is 220 g/mol. The predicted octanol–water partition coefficient (Wildman–Crippen LogP) is 3.79. The summed E-state index contributed by atoms with van der Waals surface area (Å²) in [6.45, 7) is 2.31. The van der Waals surface area contributed by atoms with Crippen molar-refractivity contribution in [3.05, 3.63) is 29.8 Å². The van der Waals surface area contributed by atoms with Crippen molar-refractivity contribution in [2.75, 3.05) is 5.32 Å². The number of nitrogens with zero attached hydrogens (tertiary/aromatic N) is 1. The number of anilines is 1. The summed E-state index contributed by atoms with van der Waals surface area (Å²) in [6, 6.07) is 10.5. The molecule has 1 N–H and O–H groups in total. The van der Waals surface area contributed by atoms with Gasteiger partial charge in [-0.1, -0.05) is 6.42 Å². The molecule has 18 heavy (non-hydrogen) atoms. The number of hydrogen-bond donors (Lipinski definition) is 1. The van der Waals surface area contributed by atoms with Gasteiger partial charge in [0.25, 0.3) is 0 Å². The average Bonchev–Trinajstić information content (AvgIpc) is 3.02. The van der Waals surface area contributed by atoms with Crippen LogP contribution in [0, 0.1) is 29.1 Å². The van der Waals surface area contributed by atoms with Crippen LogP contribution in [0.5, 0.6) is 0 Å². The van der Waals surface area contributed by atoms with E-state index >= 15 is 0 Å². The van der Waals surface area contributed by atoms with Crippen LogP contribution in [0.3, 0.4) is 0 Å². The first kappa shape index (κ1) is 11.6. The zero-order chi connectivity index (χ0) is 12.5. The SMILES string of the molecule is CC(Nc1ccc(C#N)cc1)C1CC2CCC1C2. The lowest BCUT2D eigenvalue weighted by Gasteiger charge is -2.29. The van der Waals surface area contributed by atoms with Crippen molar-refractivity contribution >= 4 is 5.69 Å². The maximum atomic E-state index is 8.78. The second kappa shape index (κ2) is 4.65. The van der Waals surface area contributed by atoms with E-state index in [2.05, 4.69) is 18.3 Å². The fraction of sp³-hybridized carbons (Fsp3) is 0.562. The molecule has 0 aliphatic heterocycles. The van der Waals surface area contributed by atoms with E-state index in [0.717, 1.165) is 29.0 Å². The first-order chi connectivity index (χ1) is 8.76. The van der Waals surface area contributed by atoms with Crippen molar-refractivity contribution in [3.8, 4) is 6.07 Å². The Hall–Kier alpha value is -1.49. The van der Waals surface area contributed by atoms with E-state index in [-0.39, 0.29) is 0 Å². The molecule has 0 amide bonds. The molecule has 1 aromatic rings. The second-order valence-electron chi connectivity index (χ2n) is 5.96. The Morgan fingerprint density at radius 2 is 2.00 bits per heavy atom. The summed E-state index contributed by atoms with van der Waals surface area (Å²) in [5, 5.41) is 12.4. The fourth-order valence-electron chi connectivity index (χ4n) is 3.92. The van der Waals surface area contributed by atoms with E-state index in [1.165, 1.54) is 25.7 Å². The summed E-state index contributed by atoms with van der Waals surface area (Å²) in [5.74, 6) is 2.81. The van der Waals surface area contributed by atoms with E-state index in [9.17, 15) is 0 Å². The minimum atomic E-state index is 0.549. The van der Waals surface area contributed by atoms with Crippen LogP contribution >= 0.6 is 0 Å². The number of nitriles is 1. The van der Waals surface area contributed by atoms with Gasteiger partial charge in [0, 0.05) is 11.7 Å². The molecule has 3 rings (SSSR count). The zero-order valence-electron chi connectivity index (χ0n) is 10.9. The first-order valence-corrected chi connectivity index (χ1v) is 7.03. The molecule has 0 radical (unpaired) electrons. The molecule has 0 spiro atoms. The first-order valence-electron chi connectivity index (χ1n) is 7.03. The van der Waals surface area contributed by atoms with Crippen LogP contribution in [0.2, 0.25) is 0 Å². The minimum Gasteiger partial charge on any atom is -0.382 e. The molecule has 1 aromatic carbocycles. The Labute approximate surface area is 109 Å². The number of rotatable bonds is 3. The topological polar surface area (TPSA) is 35.8 Å². The van der Waals surface area contributed by atoms with Crippen LogP contribution in [0.25, 0.3) is 0 Å². The largest absolute Gasteiger partial charge is 0.382 e. The lowest BCUT2D eigenvalue weighted by Crippen LogP contribution is -2.29. The maximum absolute atomic E-state index is 8.78. The second-order valence-corrected chi connectivity index (χ2v) is 5.96. The molecule has 94 valence electrons. The van der Waals surface area contributed by atoms with Gasteiger partial charge in [-0.3, -0.25) is 0 Å². The fourth-order valence-corrected chi connectivity index (χ4v) is 3.92. The summed E-state index contributed by atoms with van der Waals surface area (Å²) in [7, 11) is 0. The Morgan fingerprint density at radius 1 is 1.22 bits per heavy atom. The van der Waals surface area contributed by atoms with Crippen molar-refractivity contribution in [1.29, 1.82) is 5.26 Å². The summed E-state index contributed by atoms with van der Waals surface area (Å²) in [4.78, 5) is 0. The van der Waals surface area contributed by atoms with E-state index in [4.69, 9.17) is 5.26 Å². The van der Waals surface area contributed by atoms with Crippen molar-refractivity contribution in [2.45, 2.75) is 38.6 Å². The molecule has 4 atom stereocenters. The lowest BCUT2D eigenvalue weighted by atomic mass is 9.84. The normalized spacial score (nSPS) is 31.0. The van der Waals surface area contributed by atoms with Crippen LogP contribution in [-0.2, 0) is 0 Å². The molecule has 2 fully saturated rings. The van der Waals surface area contributed by atoms with Gasteiger partial charge in [0.05, 0.1) is 11.6 Å². The highest BCUT2D eigenvalue weighted by Crippen LogP contribution is 2.49. The number of hydrogen-bond acceptors (Lipinski definition) is 2. The van der Waals surface area contributed by atoms with Gasteiger partial charge < -0.3 is 5.32 Å². The van der Waals surface area contributed by atoms with Crippen LogP contribution in [0.1, 0.15) is 38.2 Å². The van der Waals surface area contributed by atoms with E-state index < -0.39 is 0 Å². The predicted molar refractivity (Wildman–Crippen MR) is 73.2 cm³/mol. The Kier molecular flexibility index (Phi) is 2.99. The molecule has 2 saturated carbocycles. The molecule has 2 bridgehead atoms. The number of benzene rings is 1. The van der Waals surface area contributed by atoms with Crippen LogP contribution < -0.4 is 5.32 Å². The van der Waals surface area contributed by atoms with Crippen molar-refractivity contribution in [2.24, 2.45) is 17.8 Å². The van der Waals surface area contributed by atoms with E-state index in [1.54, 1.807) is 0 Å². The van der Waals surface area contributed by atoms with Crippen LogP contribution in [0.15, 0.2) is 24.3 Å². The third kappa shape index (κ3) is 2.10. The monoisotopic (exact) mass is 240 g/mol. The molecule has 4 unspecified atom stereocenters. The van der Waals surface area contributed by atoms with Crippen molar-refractivity contribution < 1.29 is 0 Å². The molecular formula is C16H20N2. The minimum absolute atomic E-state index is 0.549. The van der Waals surface area contributed by atoms with Gasteiger partial charge in [0.15, 0.2) is 0 Å². The molecule has 2 aliphatic carbocycles. The van der Waals surface area contributed by atoms with E-state index in [0.29, 0.717) is 6.04 Å². The summed E-state index contributed by atoms with van der Waals surface area (Å²) >= 11 is 0. The molecule has 0 saturated heterocycles. The highest BCUT2D eigenvalue weighted by atomic mass is 14.9. The standard InChI is InChI=1S/C16H20N2/c1-11(16-9-13-2-5-14(16)8-13)18-15-6-3-12(10-17)4-7-15/h3-4,6-7,11,13-14,16,18H,2,5,8-9H2,1H3. The van der Waals surface area contributed by atoms with Crippen LogP contribution in [0.4, 0.5) is 5.69 Å². The number of nitrogens with one attached hydrogen (secondary N) is 1. The number of fused-ring (bicyclic) bond motifs is 2. The highest BCUT2D eigenvalue weighted by Gasteiger charge is 2.41. The van der Waals surface area contributed by atoms with E-state index in [1.807, 2.05) is 24.3 Å². The van der Waals surface area contributed by atoms with Gasteiger partial charge in [-0.2, -0.15) is 5.26 Å². The average molecular weight is 240 g/mol. The Bertz CT molecular complexity index is 457. The molecule has 2 aliphatic rings. The lowest BCUT2D eigenvalue weighted by molar-refractivity contribution is 0.304. The van der Waals surface area contributed by atoms with Gasteiger partial charge in [-0.25, -0.2) is 0 Å². The summed E-state index contributed by atoms with van der Waals surface area (Å²) < 4.78 is 0. The summed E-state index contributed by atoms with van der Waals surface area (Å²) in [5.41, 5.74) is 1.87. The molecule has 2 nitrogen and oxygen atoms in total.